The van der Waals surface area contributed by atoms with Crippen molar-refractivity contribution in [3.63, 3.8) is 0 Å². The summed E-state index contributed by atoms with van der Waals surface area (Å²) in [6.45, 7) is 3.09. The van der Waals surface area contributed by atoms with E-state index < -0.39 is 0 Å². The molecular weight excluding hydrogens is 292 g/mol. The molecule has 1 amide bonds. The lowest BCUT2D eigenvalue weighted by molar-refractivity contribution is 0.0955. The molecule has 0 bridgehead atoms. The molecule has 3 aromatic heterocycles. The van der Waals surface area contributed by atoms with Crippen molar-refractivity contribution in [3.05, 3.63) is 47.9 Å². The van der Waals surface area contributed by atoms with Gasteiger partial charge in [-0.2, -0.15) is 5.10 Å². The first-order chi connectivity index (χ1) is 11.1. The second-order valence-corrected chi connectivity index (χ2v) is 5.25. The predicted molar refractivity (Wildman–Crippen MR) is 88.3 cm³/mol. The zero-order valence-corrected chi connectivity index (χ0v) is 13.1. The number of anilines is 1. The Labute approximate surface area is 133 Å². The fourth-order valence-corrected chi connectivity index (χ4v) is 2.28. The van der Waals surface area contributed by atoms with E-state index in [1.807, 2.05) is 26.1 Å². The van der Waals surface area contributed by atoms with Crippen LogP contribution in [-0.4, -0.2) is 38.7 Å². The maximum Gasteiger partial charge on any atom is 0.252 e. The SMILES string of the molecule is Cc1cccnc1NCCNC(=O)c1cnc2cnn(C)c2c1. The highest BCUT2D eigenvalue weighted by atomic mass is 16.1. The van der Waals surface area contributed by atoms with Gasteiger partial charge in [0.2, 0.25) is 0 Å². The number of amides is 1. The predicted octanol–water partition coefficient (Wildman–Crippen LogP) is 1.51. The van der Waals surface area contributed by atoms with Crippen LogP contribution in [0.3, 0.4) is 0 Å². The topological polar surface area (TPSA) is 84.7 Å². The van der Waals surface area contributed by atoms with Crippen LogP contribution in [0.5, 0.6) is 0 Å². The molecule has 0 atom stereocenters. The lowest BCUT2D eigenvalue weighted by Gasteiger charge is -2.09. The zero-order valence-electron chi connectivity index (χ0n) is 13.1. The van der Waals surface area contributed by atoms with Gasteiger partial charge < -0.3 is 10.6 Å². The summed E-state index contributed by atoms with van der Waals surface area (Å²) in [6, 6.07) is 5.67. The number of fused-ring (bicyclic) bond motifs is 1. The molecule has 0 unspecified atom stereocenters. The number of aryl methyl sites for hydroxylation is 2. The molecule has 23 heavy (non-hydrogen) atoms. The van der Waals surface area contributed by atoms with Crippen molar-refractivity contribution in [1.29, 1.82) is 0 Å². The van der Waals surface area contributed by atoms with E-state index in [9.17, 15) is 4.79 Å². The molecule has 0 fully saturated rings. The maximum absolute atomic E-state index is 12.2. The molecular formula is C16H18N6O. The normalized spacial score (nSPS) is 10.7. The lowest BCUT2D eigenvalue weighted by Crippen LogP contribution is -2.29. The van der Waals surface area contributed by atoms with E-state index >= 15 is 0 Å². The van der Waals surface area contributed by atoms with Gasteiger partial charge in [0.1, 0.15) is 11.3 Å². The van der Waals surface area contributed by atoms with Gasteiger partial charge in [-0.25, -0.2) is 4.98 Å². The van der Waals surface area contributed by atoms with Gasteiger partial charge in [-0.3, -0.25) is 14.5 Å². The van der Waals surface area contributed by atoms with Crippen LogP contribution in [0.4, 0.5) is 5.82 Å². The van der Waals surface area contributed by atoms with Crippen LogP contribution in [-0.2, 0) is 7.05 Å². The minimum absolute atomic E-state index is 0.153. The number of nitrogens with zero attached hydrogens (tertiary/aromatic N) is 4. The average Bonchev–Trinajstić information content (AvgIpc) is 2.93. The van der Waals surface area contributed by atoms with E-state index in [4.69, 9.17) is 0 Å². The number of rotatable bonds is 5. The number of pyridine rings is 2. The number of hydrogen-bond donors (Lipinski definition) is 2. The molecule has 0 aliphatic rings. The standard InChI is InChI=1S/C16H18N6O/c1-11-4-3-5-17-15(11)18-6-7-19-16(23)12-8-14-13(20-9-12)10-21-22(14)2/h3-5,8-10H,6-7H2,1-2H3,(H,17,18)(H,19,23). The minimum atomic E-state index is -0.153. The van der Waals surface area contributed by atoms with Gasteiger partial charge in [-0.15, -0.1) is 0 Å². The van der Waals surface area contributed by atoms with Crippen molar-refractivity contribution in [2.75, 3.05) is 18.4 Å². The molecule has 3 rings (SSSR count). The highest BCUT2D eigenvalue weighted by Crippen LogP contribution is 2.11. The third kappa shape index (κ3) is 3.28. The van der Waals surface area contributed by atoms with E-state index in [0.717, 1.165) is 22.4 Å². The fraction of sp³-hybridized carbons (Fsp3) is 0.250. The van der Waals surface area contributed by atoms with Crippen molar-refractivity contribution in [2.24, 2.45) is 7.05 Å². The van der Waals surface area contributed by atoms with Crippen LogP contribution in [0, 0.1) is 6.92 Å². The molecule has 7 heteroatoms. The molecule has 0 aromatic carbocycles. The maximum atomic E-state index is 12.2. The quantitative estimate of drug-likeness (QED) is 0.698. The van der Waals surface area contributed by atoms with Crippen molar-refractivity contribution < 1.29 is 4.79 Å². The Balaban J connectivity index is 1.56. The van der Waals surface area contributed by atoms with E-state index in [2.05, 4.69) is 25.7 Å². The molecule has 0 radical (unpaired) electrons. The number of hydrogen-bond acceptors (Lipinski definition) is 5. The molecule has 2 N–H and O–H groups in total. The van der Waals surface area contributed by atoms with Crippen LogP contribution >= 0.6 is 0 Å². The summed E-state index contributed by atoms with van der Waals surface area (Å²) in [7, 11) is 1.82. The van der Waals surface area contributed by atoms with Gasteiger partial charge in [0, 0.05) is 32.5 Å². The highest BCUT2D eigenvalue weighted by molar-refractivity contribution is 5.96. The first-order valence-corrected chi connectivity index (χ1v) is 7.36. The molecule has 0 saturated carbocycles. The average molecular weight is 310 g/mol. The van der Waals surface area contributed by atoms with Gasteiger partial charge in [0.15, 0.2) is 0 Å². The van der Waals surface area contributed by atoms with Crippen molar-refractivity contribution in [2.45, 2.75) is 6.92 Å². The summed E-state index contributed by atoms with van der Waals surface area (Å²) in [5, 5.41) is 10.2. The number of aromatic nitrogens is 4. The van der Waals surface area contributed by atoms with Crippen LogP contribution in [0.1, 0.15) is 15.9 Å². The first-order valence-electron chi connectivity index (χ1n) is 7.36. The Morgan fingerprint density at radius 1 is 1.26 bits per heavy atom. The lowest BCUT2D eigenvalue weighted by atomic mass is 10.2. The molecule has 118 valence electrons. The Morgan fingerprint density at radius 2 is 2.13 bits per heavy atom. The summed E-state index contributed by atoms with van der Waals surface area (Å²) < 4.78 is 1.70. The van der Waals surface area contributed by atoms with Crippen LogP contribution < -0.4 is 10.6 Å². The van der Waals surface area contributed by atoms with Gasteiger partial charge in [0.25, 0.3) is 5.91 Å². The number of carbonyl (C=O) groups excluding carboxylic acids is 1. The van der Waals surface area contributed by atoms with Crippen LogP contribution in [0.25, 0.3) is 11.0 Å². The summed E-state index contributed by atoms with van der Waals surface area (Å²) in [5.74, 6) is 0.680. The number of nitrogens with one attached hydrogen (secondary N) is 2. The number of carbonyl (C=O) groups is 1. The van der Waals surface area contributed by atoms with Crippen molar-refractivity contribution in [3.8, 4) is 0 Å². The molecule has 3 heterocycles. The zero-order chi connectivity index (χ0) is 16.2. The molecule has 3 aromatic rings. The van der Waals surface area contributed by atoms with Gasteiger partial charge in [-0.05, 0) is 24.6 Å². The van der Waals surface area contributed by atoms with E-state index in [0.29, 0.717) is 18.7 Å². The largest absolute Gasteiger partial charge is 0.368 e. The molecule has 0 aliphatic heterocycles. The molecule has 7 nitrogen and oxygen atoms in total. The molecule has 0 spiro atoms. The first kappa shape index (κ1) is 15.0. The van der Waals surface area contributed by atoms with Gasteiger partial charge in [0.05, 0.1) is 17.3 Å². The van der Waals surface area contributed by atoms with Gasteiger partial charge in [-0.1, -0.05) is 6.07 Å². The van der Waals surface area contributed by atoms with E-state index in [1.165, 1.54) is 0 Å². The monoisotopic (exact) mass is 310 g/mol. The van der Waals surface area contributed by atoms with E-state index in [-0.39, 0.29) is 5.91 Å². The second-order valence-electron chi connectivity index (χ2n) is 5.25. The summed E-state index contributed by atoms with van der Waals surface area (Å²) >= 11 is 0. The van der Waals surface area contributed by atoms with Gasteiger partial charge >= 0.3 is 0 Å². The summed E-state index contributed by atoms with van der Waals surface area (Å²) in [6.07, 6.45) is 4.98. The summed E-state index contributed by atoms with van der Waals surface area (Å²) in [4.78, 5) is 20.7. The van der Waals surface area contributed by atoms with Crippen LogP contribution in [0.15, 0.2) is 36.8 Å². The fourth-order valence-electron chi connectivity index (χ4n) is 2.28. The van der Waals surface area contributed by atoms with E-state index in [1.54, 1.807) is 29.3 Å². The highest BCUT2D eigenvalue weighted by Gasteiger charge is 2.09. The Kier molecular flexibility index (Phi) is 4.18. The Bertz CT molecular complexity index is 841. The van der Waals surface area contributed by atoms with Crippen molar-refractivity contribution in [1.82, 2.24) is 25.1 Å². The molecule has 0 saturated heterocycles. The third-order valence-electron chi connectivity index (χ3n) is 3.57. The van der Waals surface area contributed by atoms with Crippen molar-refractivity contribution >= 4 is 22.8 Å². The molecule has 0 aliphatic carbocycles. The van der Waals surface area contributed by atoms with Crippen LogP contribution in [0.2, 0.25) is 0 Å². The smallest absolute Gasteiger partial charge is 0.252 e. The Hall–Kier alpha value is -2.96. The minimum Gasteiger partial charge on any atom is -0.368 e. The summed E-state index contributed by atoms with van der Waals surface area (Å²) in [5.41, 5.74) is 3.20. The second kappa shape index (κ2) is 6.43. The third-order valence-corrected chi connectivity index (χ3v) is 3.57. The Morgan fingerprint density at radius 3 is 2.96 bits per heavy atom.